The molecule has 0 N–H and O–H groups in total. The average Bonchev–Trinajstić information content (AvgIpc) is 2.13. The van der Waals surface area contributed by atoms with Crippen molar-refractivity contribution in [2.24, 2.45) is 11.3 Å². The minimum Gasteiger partial charge on any atom is -0.459 e. The Morgan fingerprint density at radius 1 is 1.42 bits per heavy atom. The molecule has 0 radical (unpaired) electrons. The maximum Gasteiger partial charge on any atom is 0.312 e. The molecule has 2 heteroatoms. The van der Waals surface area contributed by atoms with E-state index in [0.29, 0.717) is 5.92 Å². The molecule has 0 aromatic rings. The molecule has 2 unspecified atom stereocenters. The number of esters is 1. The van der Waals surface area contributed by atoms with Crippen LogP contribution in [-0.4, -0.2) is 11.6 Å². The zero-order chi connectivity index (χ0) is 9.57. The zero-order valence-corrected chi connectivity index (χ0v) is 8.60. The van der Waals surface area contributed by atoms with Gasteiger partial charge < -0.3 is 4.74 Å². The van der Waals surface area contributed by atoms with E-state index in [4.69, 9.17) is 4.74 Å². The summed E-state index contributed by atoms with van der Waals surface area (Å²) in [4.78, 5) is 11.5. The van der Waals surface area contributed by atoms with Gasteiger partial charge in [-0.15, -0.1) is 0 Å². The number of cyclic esters (lactones) is 1. The van der Waals surface area contributed by atoms with Gasteiger partial charge in [0.15, 0.2) is 0 Å². The van der Waals surface area contributed by atoms with Gasteiger partial charge in [-0.25, -0.2) is 0 Å². The highest BCUT2D eigenvalue weighted by Gasteiger charge is 2.54. The Bertz CT molecular complexity index is 208. The molecule has 1 saturated heterocycles. The summed E-state index contributed by atoms with van der Waals surface area (Å²) in [6, 6.07) is 0. The van der Waals surface area contributed by atoms with Crippen molar-refractivity contribution < 1.29 is 9.53 Å². The van der Waals surface area contributed by atoms with Crippen LogP contribution >= 0.6 is 0 Å². The Balaban J connectivity index is 3.00. The lowest BCUT2D eigenvalue weighted by Gasteiger charge is -2.28. The number of hydrogen-bond donors (Lipinski definition) is 0. The van der Waals surface area contributed by atoms with Crippen molar-refractivity contribution in [3.63, 3.8) is 0 Å². The van der Waals surface area contributed by atoms with Crippen molar-refractivity contribution in [1.29, 1.82) is 0 Å². The normalized spacial score (nSPS) is 39.8. The smallest absolute Gasteiger partial charge is 0.312 e. The lowest BCUT2D eigenvalue weighted by atomic mass is 9.72. The molecule has 0 amide bonds. The van der Waals surface area contributed by atoms with E-state index in [2.05, 4.69) is 6.92 Å². The first-order valence-electron chi connectivity index (χ1n) is 4.58. The quantitative estimate of drug-likeness (QED) is 0.565. The predicted octanol–water partition coefficient (Wildman–Crippen LogP) is 2.37. The van der Waals surface area contributed by atoms with E-state index in [1.807, 2.05) is 27.7 Å². The van der Waals surface area contributed by atoms with Crippen molar-refractivity contribution in [3.05, 3.63) is 0 Å². The van der Waals surface area contributed by atoms with Gasteiger partial charge in [0, 0.05) is 5.92 Å². The molecule has 1 fully saturated rings. The van der Waals surface area contributed by atoms with Crippen LogP contribution in [0.1, 0.15) is 41.0 Å². The van der Waals surface area contributed by atoms with Crippen LogP contribution < -0.4 is 0 Å². The summed E-state index contributed by atoms with van der Waals surface area (Å²) in [5.41, 5.74) is -0.564. The second-order valence-corrected chi connectivity index (χ2v) is 4.49. The molecule has 0 saturated carbocycles. The number of hydrogen-bond acceptors (Lipinski definition) is 2. The lowest BCUT2D eigenvalue weighted by molar-refractivity contribution is -0.151. The van der Waals surface area contributed by atoms with Gasteiger partial charge in [0.05, 0.1) is 5.41 Å². The Hall–Kier alpha value is -0.530. The average molecular weight is 170 g/mol. The second kappa shape index (κ2) is 2.48. The molecule has 2 atom stereocenters. The Kier molecular flexibility index (Phi) is 1.97. The van der Waals surface area contributed by atoms with Crippen LogP contribution in [0.3, 0.4) is 0 Å². The molecule has 1 aliphatic heterocycles. The highest BCUT2D eigenvalue weighted by Crippen LogP contribution is 2.47. The molecule has 1 heterocycles. The summed E-state index contributed by atoms with van der Waals surface area (Å²) in [6.45, 7) is 10.1. The van der Waals surface area contributed by atoms with E-state index >= 15 is 0 Å². The molecule has 12 heavy (non-hydrogen) atoms. The molecule has 0 bridgehead atoms. The summed E-state index contributed by atoms with van der Waals surface area (Å²) in [6.07, 6.45) is 0.858. The number of ether oxygens (including phenoxy) is 1. The van der Waals surface area contributed by atoms with Gasteiger partial charge in [-0.2, -0.15) is 0 Å². The molecule has 0 aliphatic carbocycles. The number of carbonyl (C=O) groups is 1. The van der Waals surface area contributed by atoms with Crippen LogP contribution in [-0.2, 0) is 9.53 Å². The Morgan fingerprint density at radius 2 is 1.92 bits per heavy atom. The first-order chi connectivity index (χ1) is 5.34. The number of carbonyl (C=O) groups excluding carboxylic acids is 1. The fourth-order valence-electron chi connectivity index (χ4n) is 1.84. The van der Waals surface area contributed by atoms with Gasteiger partial charge in [-0.05, 0) is 27.2 Å². The summed E-state index contributed by atoms with van der Waals surface area (Å²) < 4.78 is 5.33. The molecule has 70 valence electrons. The molecule has 0 spiro atoms. The van der Waals surface area contributed by atoms with E-state index in [1.54, 1.807) is 0 Å². The summed E-state index contributed by atoms with van der Waals surface area (Å²) in [5, 5.41) is 0. The first kappa shape index (κ1) is 9.56. The minimum absolute atomic E-state index is 0.0394. The standard InChI is InChI=1S/C10H18O2/c1-6-10(5)7(2)9(3,4)12-8(10)11/h7H,6H2,1-5H3. The van der Waals surface area contributed by atoms with Crippen LogP contribution in [0.4, 0.5) is 0 Å². The van der Waals surface area contributed by atoms with Gasteiger partial charge in [0.1, 0.15) is 5.60 Å². The highest BCUT2D eigenvalue weighted by atomic mass is 16.6. The van der Waals surface area contributed by atoms with Gasteiger partial charge in [-0.3, -0.25) is 4.79 Å². The molecule has 1 rings (SSSR count). The first-order valence-corrected chi connectivity index (χ1v) is 4.58. The van der Waals surface area contributed by atoms with Crippen molar-refractivity contribution in [3.8, 4) is 0 Å². The second-order valence-electron chi connectivity index (χ2n) is 4.49. The topological polar surface area (TPSA) is 26.3 Å². The third-order valence-corrected chi connectivity index (χ3v) is 3.56. The fourth-order valence-corrected chi connectivity index (χ4v) is 1.84. The Morgan fingerprint density at radius 3 is 2.08 bits per heavy atom. The predicted molar refractivity (Wildman–Crippen MR) is 47.7 cm³/mol. The van der Waals surface area contributed by atoms with Crippen LogP contribution in [0, 0.1) is 11.3 Å². The maximum atomic E-state index is 11.5. The van der Waals surface area contributed by atoms with Gasteiger partial charge >= 0.3 is 5.97 Å². The number of rotatable bonds is 1. The molecular weight excluding hydrogens is 152 g/mol. The SMILES string of the molecule is CCC1(C)C(=O)OC(C)(C)C1C. The molecular formula is C10H18O2. The Labute approximate surface area is 74.3 Å². The largest absolute Gasteiger partial charge is 0.459 e. The maximum absolute atomic E-state index is 11.5. The van der Waals surface area contributed by atoms with Gasteiger partial charge in [0.2, 0.25) is 0 Å². The van der Waals surface area contributed by atoms with E-state index < -0.39 is 0 Å². The third-order valence-electron chi connectivity index (χ3n) is 3.56. The highest BCUT2D eigenvalue weighted by molar-refractivity contribution is 5.79. The monoisotopic (exact) mass is 170 g/mol. The van der Waals surface area contributed by atoms with E-state index in [-0.39, 0.29) is 17.0 Å². The van der Waals surface area contributed by atoms with Crippen molar-refractivity contribution in [2.45, 2.75) is 46.6 Å². The summed E-state index contributed by atoms with van der Waals surface area (Å²) in [5.74, 6) is 0.255. The molecule has 2 nitrogen and oxygen atoms in total. The van der Waals surface area contributed by atoms with Crippen LogP contribution in [0.25, 0.3) is 0 Å². The van der Waals surface area contributed by atoms with Crippen molar-refractivity contribution in [1.82, 2.24) is 0 Å². The summed E-state index contributed by atoms with van der Waals surface area (Å²) >= 11 is 0. The minimum atomic E-state index is -0.290. The van der Waals surface area contributed by atoms with E-state index in [9.17, 15) is 4.79 Å². The lowest BCUT2D eigenvalue weighted by Crippen LogP contribution is -2.33. The molecule has 1 aliphatic rings. The van der Waals surface area contributed by atoms with Crippen LogP contribution in [0.15, 0.2) is 0 Å². The van der Waals surface area contributed by atoms with Gasteiger partial charge in [-0.1, -0.05) is 13.8 Å². The zero-order valence-electron chi connectivity index (χ0n) is 8.60. The van der Waals surface area contributed by atoms with Crippen molar-refractivity contribution in [2.75, 3.05) is 0 Å². The fraction of sp³-hybridized carbons (Fsp3) is 0.900. The van der Waals surface area contributed by atoms with Gasteiger partial charge in [0.25, 0.3) is 0 Å². The molecule has 0 aromatic carbocycles. The van der Waals surface area contributed by atoms with E-state index in [1.165, 1.54) is 0 Å². The summed E-state index contributed by atoms with van der Waals surface area (Å²) in [7, 11) is 0. The van der Waals surface area contributed by atoms with Crippen LogP contribution in [0.2, 0.25) is 0 Å². The van der Waals surface area contributed by atoms with Crippen LogP contribution in [0.5, 0.6) is 0 Å². The molecule has 0 aromatic heterocycles. The van der Waals surface area contributed by atoms with Crippen molar-refractivity contribution >= 4 is 5.97 Å². The third kappa shape index (κ3) is 1.05. The van der Waals surface area contributed by atoms with E-state index in [0.717, 1.165) is 6.42 Å².